The lowest BCUT2D eigenvalue weighted by molar-refractivity contribution is 0.0303. The second-order valence-corrected chi connectivity index (χ2v) is 9.22. The van der Waals surface area contributed by atoms with E-state index >= 15 is 0 Å². The Kier molecular flexibility index (Phi) is 6.03. The molecule has 160 valence electrons. The standard InChI is InChI=1S/C21H23FN2O5S/c22-17-2-1-3-18(14-17)29-19-8-9-24(15-19)30(26,27)20-6-4-16(5-7-20)21(25)23-10-12-28-13-11-23/h1-7,14,19H,8-13,15H2. The molecule has 2 heterocycles. The van der Waals surface area contributed by atoms with Gasteiger partial charge in [0.2, 0.25) is 10.0 Å². The summed E-state index contributed by atoms with van der Waals surface area (Å²) in [5, 5.41) is 0. The summed E-state index contributed by atoms with van der Waals surface area (Å²) in [6.45, 7) is 2.57. The fourth-order valence-electron chi connectivity index (χ4n) is 3.61. The Morgan fingerprint density at radius 1 is 1.07 bits per heavy atom. The molecule has 0 saturated carbocycles. The van der Waals surface area contributed by atoms with Crippen LogP contribution >= 0.6 is 0 Å². The van der Waals surface area contributed by atoms with Crippen LogP contribution in [0.15, 0.2) is 53.4 Å². The monoisotopic (exact) mass is 434 g/mol. The van der Waals surface area contributed by atoms with Crippen LogP contribution in [0.1, 0.15) is 16.8 Å². The molecule has 1 atom stereocenters. The molecule has 1 unspecified atom stereocenters. The third-order valence-electron chi connectivity index (χ3n) is 5.24. The Labute approximate surface area is 175 Å². The van der Waals surface area contributed by atoms with Crippen molar-refractivity contribution in [2.45, 2.75) is 17.4 Å². The zero-order chi connectivity index (χ0) is 21.1. The van der Waals surface area contributed by atoms with Crippen molar-refractivity contribution in [3.05, 3.63) is 59.9 Å². The summed E-state index contributed by atoms with van der Waals surface area (Å²) in [5.41, 5.74) is 0.449. The quantitative estimate of drug-likeness (QED) is 0.721. The molecule has 2 aliphatic rings. The van der Waals surface area contributed by atoms with E-state index in [1.54, 1.807) is 29.2 Å². The first-order chi connectivity index (χ1) is 14.4. The van der Waals surface area contributed by atoms with Gasteiger partial charge in [-0.25, -0.2) is 12.8 Å². The molecule has 4 rings (SSSR count). The number of carbonyl (C=O) groups is 1. The van der Waals surface area contributed by atoms with Crippen molar-refractivity contribution in [3.8, 4) is 5.75 Å². The third kappa shape index (κ3) is 4.48. The lowest BCUT2D eigenvalue weighted by atomic mass is 10.2. The van der Waals surface area contributed by atoms with Gasteiger partial charge in [-0.15, -0.1) is 0 Å². The van der Waals surface area contributed by atoms with Gasteiger partial charge in [-0.1, -0.05) is 6.07 Å². The second kappa shape index (κ2) is 8.71. The number of halogens is 1. The number of sulfonamides is 1. The van der Waals surface area contributed by atoms with Crippen LogP contribution in [-0.2, 0) is 14.8 Å². The predicted octanol–water partition coefficient (Wildman–Crippen LogP) is 2.14. The van der Waals surface area contributed by atoms with Crippen LogP contribution in [0.4, 0.5) is 4.39 Å². The van der Waals surface area contributed by atoms with Gasteiger partial charge in [-0.2, -0.15) is 4.31 Å². The van der Waals surface area contributed by atoms with Crippen LogP contribution in [0.25, 0.3) is 0 Å². The molecule has 7 nitrogen and oxygen atoms in total. The molecule has 0 aromatic heterocycles. The molecule has 0 aliphatic carbocycles. The first-order valence-corrected chi connectivity index (χ1v) is 11.3. The minimum Gasteiger partial charge on any atom is -0.489 e. The van der Waals surface area contributed by atoms with Gasteiger partial charge in [0, 0.05) is 31.3 Å². The minimum absolute atomic E-state index is 0.132. The summed E-state index contributed by atoms with van der Waals surface area (Å²) in [6, 6.07) is 11.8. The molecule has 2 saturated heterocycles. The highest BCUT2D eigenvalue weighted by molar-refractivity contribution is 7.89. The highest BCUT2D eigenvalue weighted by Gasteiger charge is 2.34. The van der Waals surface area contributed by atoms with Gasteiger partial charge in [-0.3, -0.25) is 4.79 Å². The highest BCUT2D eigenvalue weighted by Crippen LogP contribution is 2.25. The molecule has 0 spiro atoms. The van der Waals surface area contributed by atoms with Crippen molar-refractivity contribution in [1.82, 2.24) is 9.21 Å². The van der Waals surface area contributed by atoms with Crippen molar-refractivity contribution in [2.75, 3.05) is 39.4 Å². The number of hydrogen-bond donors (Lipinski definition) is 0. The lowest BCUT2D eigenvalue weighted by Gasteiger charge is -2.27. The number of benzene rings is 2. The van der Waals surface area contributed by atoms with E-state index in [9.17, 15) is 17.6 Å². The van der Waals surface area contributed by atoms with Gasteiger partial charge in [0.15, 0.2) is 0 Å². The summed E-state index contributed by atoms with van der Waals surface area (Å²) in [4.78, 5) is 14.4. The molecule has 30 heavy (non-hydrogen) atoms. The van der Waals surface area contributed by atoms with Gasteiger partial charge >= 0.3 is 0 Å². The zero-order valence-electron chi connectivity index (χ0n) is 16.4. The second-order valence-electron chi connectivity index (χ2n) is 7.28. The number of nitrogens with zero attached hydrogens (tertiary/aromatic N) is 2. The number of ether oxygens (including phenoxy) is 2. The molecule has 2 fully saturated rings. The zero-order valence-corrected chi connectivity index (χ0v) is 17.2. The summed E-state index contributed by atoms with van der Waals surface area (Å²) in [5.74, 6) is -0.154. The first kappa shape index (κ1) is 20.8. The Bertz CT molecular complexity index is 1010. The summed E-state index contributed by atoms with van der Waals surface area (Å²) < 4.78 is 51.6. The molecule has 0 N–H and O–H groups in total. The number of amides is 1. The molecule has 2 aromatic carbocycles. The number of morpholine rings is 1. The number of rotatable bonds is 5. The molecule has 1 amide bonds. The van der Waals surface area contributed by atoms with Crippen molar-refractivity contribution in [3.63, 3.8) is 0 Å². The predicted molar refractivity (Wildman–Crippen MR) is 107 cm³/mol. The normalized spacial score (nSPS) is 20.3. The van der Waals surface area contributed by atoms with E-state index < -0.39 is 15.8 Å². The highest BCUT2D eigenvalue weighted by atomic mass is 32.2. The Morgan fingerprint density at radius 2 is 1.80 bits per heavy atom. The van der Waals surface area contributed by atoms with Gasteiger partial charge < -0.3 is 14.4 Å². The van der Waals surface area contributed by atoms with Gasteiger partial charge in [-0.05, 0) is 42.8 Å². The number of hydrogen-bond acceptors (Lipinski definition) is 5. The maximum absolute atomic E-state index is 13.3. The van der Waals surface area contributed by atoms with Crippen molar-refractivity contribution < 1.29 is 27.1 Å². The molecule has 9 heteroatoms. The molecule has 0 radical (unpaired) electrons. The minimum atomic E-state index is -3.71. The summed E-state index contributed by atoms with van der Waals surface area (Å²) >= 11 is 0. The average molecular weight is 434 g/mol. The Hall–Kier alpha value is -2.49. The smallest absolute Gasteiger partial charge is 0.254 e. The van der Waals surface area contributed by atoms with E-state index in [2.05, 4.69) is 0 Å². The molecule has 2 aromatic rings. The van der Waals surface area contributed by atoms with E-state index in [-0.39, 0.29) is 23.5 Å². The maximum Gasteiger partial charge on any atom is 0.254 e. The van der Waals surface area contributed by atoms with Crippen LogP contribution in [0.5, 0.6) is 5.75 Å². The number of carbonyl (C=O) groups excluding carboxylic acids is 1. The van der Waals surface area contributed by atoms with Crippen LogP contribution in [-0.4, -0.2) is 69.0 Å². The fourth-order valence-corrected chi connectivity index (χ4v) is 5.10. The van der Waals surface area contributed by atoms with Crippen molar-refractivity contribution in [1.29, 1.82) is 0 Å². The first-order valence-electron chi connectivity index (χ1n) is 9.83. The fraction of sp³-hybridized carbons (Fsp3) is 0.381. The van der Waals surface area contributed by atoms with Crippen LogP contribution in [0, 0.1) is 5.82 Å². The van der Waals surface area contributed by atoms with Gasteiger partial charge in [0.1, 0.15) is 17.7 Å². The summed E-state index contributed by atoms with van der Waals surface area (Å²) in [6.07, 6.45) is 0.173. The summed E-state index contributed by atoms with van der Waals surface area (Å²) in [7, 11) is -3.71. The SMILES string of the molecule is O=C(c1ccc(S(=O)(=O)N2CCC(Oc3cccc(F)c3)C2)cc1)N1CCOCC1. The Balaban J connectivity index is 1.41. The van der Waals surface area contributed by atoms with E-state index in [1.165, 1.54) is 28.6 Å². The third-order valence-corrected chi connectivity index (χ3v) is 7.12. The van der Waals surface area contributed by atoms with Crippen molar-refractivity contribution in [2.24, 2.45) is 0 Å². The van der Waals surface area contributed by atoms with Gasteiger partial charge in [0.25, 0.3) is 5.91 Å². The van der Waals surface area contributed by atoms with E-state index in [1.807, 2.05) is 0 Å². The molecular formula is C21H23FN2O5S. The topological polar surface area (TPSA) is 76.2 Å². The Morgan fingerprint density at radius 3 is 2.50 bits per heavy atom. The molecule has 2 aliphatic heterocycles. The van der Waals surface area contributed by atoms with E-state index in [4.69, 9.17) is 9.47 Å². The van der Waals surface area contributed by atoms with E-state index in [0.29, 0.717) is 50.6 Å². The van der Waals surface area contributed by atoms with Crippen molar-refractivity contribution >= 4 is 15.9 Å². The van der Waals surface area contributed by atoms with Crippen LogP contribution in [0.3, 0.4) is 0 Å². The van der Waals surface area contributed by atoms with E-state index in [0.717, 1.165) is 0 Å². The maximum atomic E-state index is 13.3. The van der Waals surface area contributed by atoms with Gasteiger partial charge in [0.05, 0.1) is 24.7 Å². The molecular weight excluding hydrogens is 411 g/mol. The average Bonchev–Trinajstić information content (AvgIpc) is 3.23. The largest absolute Gasteiger partial charge is 0.489 e. The molecule has 0 bridgehead atoms. The lowest BCUT2D eigenvalue weighted by Crippen LogP contribution is -2.40. The van der Waals surface area contributed by atoms with Crippen LogP contribution in [0.2, 0.25) is 0 Å². The van der Waals surface area contributed by atoms with Crippen LogP contribution < -0.4 is 4.74 Å².